The van der Waals surface area contributed by atoms with E-state index in [9.17, 15) is 8.42 Å². The Labute approximate surface area is 154 Å². The molecule has 136 valence electrons. The number of benzene rings is 2. The number of likely N-dealkylation sites (N-methyl/N-ethyl adjacent to an activating group) is 1. The number of fused-ring (bicyclic) bond motifs is 1. The Balaban J connectivity index is 1.61. The molecule has 0 saturated heterocycles. The minimum Gasteiger partial charge on any atom is -0.361 e. The van der Waals surface area contributed by atoms with E-state index in [2.05, 4.69) is 24.0 Å². The predicted molar refractivity (Wildman–Crippen MR) is 105 cm³/mol. The van der Waals surface area contributed by atoms with Crippen molar-refractivity contribution in [3.63, 3.8) is 0 Å². The smallest absolute Gasteiger partial charge is 0.242 e. The lowest BCUT2D eigenvalue weighted by molar-refractivity contribution is 0.428. The van der Waals surface area contributed by atoms with Gasteiger partial charge in [-0.3, -0.25) is 0 Å². The van der Waals surface area contributed by atoms with E-state index < -0.39 is 10.0 Å². The first-order valence-electron chi connectivity index (χ1n) is 9.08. The van der Waals surface area contributed by atoms with E-state index in [1.54, 1.807) is 19.2 Å². The monoisotopic (exact) mass is 368 g/mol. The molecule has 0 spiro atoms. The molecule has 1 aliphatic rings. The van der Waals surface area contributed by atoms with E-state index in [0.717, 1.165) is 30.3 Å². The number of aryl methyl sites for hydroxylation is 1. The van der Waals surface area contributed by atoms with Crippen molar-refractivity contribution in [1.82, 2.24) is 9.29 Å². The van der Waals surface area contributed by atoms with Gasteiger partial charge in [-0.25, -0.2) is 12.7 Å². The molecule has 1 N–H and O–H groups in total. The lowest BCUT2D eigenvalue weighted by atomic mass is 9.95. The second-order valence-electron chi connectivity index (χ2n) is 7.29. The second kappa shape index (κ2) is 6.25. The fourth-order valence-corrected chi connectivity index (χ4v) is 5.02. The SMILES string of the molecule is CCc1ccc(S(=O)(=O)N(C)CC2(c3c[nH]c4ccccc34)CC2)cc1. The summed E-state index contributed by atoms with van der Waals surface area (Å²) in [5, 5.41) is 1.20. The lowest BCUT2D eigenvalue weighted by Gasteiger charge is -2.23. The Morgan fingerprint density at radius 1 is 1.08 bits per heavy atom. The summed E-state index contributed by atoms with van der Waals surface area (Å²) in [6, 6.07) is 15.4. The predicted octanol–water partition coefficient (Wildman–Crippen LogP) is 4.08. The van der Waals surface area contributed by atoms with Crippen LogP contribution in [-0.2, 0) is 21.9 Å². The summed E-state index contributed by atoms with van der Waals surface area (Å²) in [4.78, 5) is 3.69. The normalized spacial score (nSPS) is 16.3. The van der Waals surface area contributed by atoms with Crippen LogP contribution in [0.5, 0.6) is 0 Å². The number of aromatic amines is 1. The number of hydrogen-bond donors (Lipinski definition) is 1. The molecule has 4 rings (SSSR count). The Kier molecular flexibility index (Phi) is 4.16. The van der Waals surface area contributed by atoms with Gasteiger partial charge in [-0.05, 0) is 48.6 Å². The van der Waals surface area contributed by atoms with Gasteiger partial charge in [0.15, 0.2) is 0 Å². The maximum atomic E-state index is 13.0. The van der Waals surface area contributed by atoms with Crippen molar-refractivity contribution in [2.45, 2.75) is 36.5 Å². The molecule has 26 heavy (non-hydrogen) atoms. The molecular weight excluding hydrogens is 344 g/mol. The molecule has 0 aliphatic heterocycles. The van der Waals surface area contributed by atoms with Crippen LogP contribution in [0.25, 0.3) is 10.9 Å². The number of sulfonamides is 1. The Bertz CT molecular complexity index is 1030. The highest BCUT2D eigenvalue weighted by atomic mass is 32.2. The highest BCUT2D eigenvalue weighted by Crippen LogP contribution is 2.51. The minimum absolute atomic E-state index is 0.0786. The fourth-order valence-electron chi connectivity index (χ4n) is 3.76. The van der Waals surface area contributed by atoms with Gasteiger partial charge in [-0.15, -0.1) is 0 Å². The van der Waals surface area contributed by atoms with Crippen molar-refractivity contribution in [1.29, 1.82) is 0 Å². The lowest BCUT2D eigenvalue weighted by Crippen LogP contribution is -2.34. The maximum Gasteiger partial charge on any atom is 0.242 e. The van der Waals surface area contributed by atoms with Crippen molar-refractivity contribution >= 4 is 20.9 Å². The van der Waals surface area contributed by atoms with Crippen LogP contribution in [0.3, 0.4) is 0 Å². The summed E-state index contributed by atoms with van der Waals surface area (Å²) in [6.45, 7) is 2.57. The molecule has 0 unspecified atom stereocenters. The summed E-state index contributed by atoms with van der Waals surface area (Å²) in [6.07, 6.45) is 4.99. The number of nitrogens with one attached hydrogen (secondary N) is 1. The molecule has 2 aromatic carbocycles. The number of nitrogens with zero attached hydrogens (tertiary/aromatic N) is 1. The molecule has 3 aromatic rings. The zero-order chi connectivity index (χ0) is 18.4. The van der Waals surface area contributed by atoms with Crippen molar-refractivity contribution in [2.24, 2.45) is 0 Å². The summed E-state index contributed by atoms with van der Waals surface area (Å²) in [5.41, 5.74) is 3.40. The quantitative estimate of drug-likeness (QED) is 0.713. The van der Waals surface area contributed by atoms with Crippen LogP contribution in [0.4, 0.5) is 0 Å². The van der Waals surface area contributed by atoms with E-state index in [4.69, 9.17) is 0 Å². The summed E-state index contributed by atoms with van der Waals surface area (Å²) in [7, 11) is -1.79. The minimum atomic E-state index is -3.48. The molecule has 0 amide bonds. The van der Waals surface area contributed by atoms with Gasteiger partial charge in [0.05, 0.1) is 4.90 Å². The number of hydrogen-bond acceptors (Lipinski definition) is 2. The summed E-state index contributed by atoms with van der Waals surface area (Å²) >= 11 is 0. The van der Waals surface area contributed by atoms with Crippen LogP contribution in [0.15, 0.2) is 59.6 Å². The van der Waals surface area contributed by atoms with Crippen molar-refractivity contribution in [3.8, 4) is 0 Å². The summed E-state index contributed by atoms with van der Waals surface area (Å²) < 4.78 is 27.5. The largest absolute Gasteiger partial charge is 0.361 e. The van der Waals surface area contributed by atoms with Gasteiger partial charge in [-0.2, -0.15) is 0 Å². The molecule has 0 atom stereocenters. The average molecular weight is 369 g/mol. The van der Waals surface area contributed by atoms with E-state index in [1.807, 2.05) is 30.5 Å². The van der Waals surface area contributed by atoms with Crippen LogP contribution in [0, 0.1) is 0 Å². The highest BCUT2D eigenvalue weighted by molar-refractivity contribution is 7.89. The third-order valence-electron chi connectivity index (χ3n) is 5.58. The first kappa shape index (κ1) is 17.3. The Hall–Kier alpha value is -2.11. The third-order valence-corrected chi connectivity index (χ3v) is 7.40. The highest BCUT2D eigenvalue weighted by Gasteiger charge is 2.48. The first-order valence-corrected chi connectivity index (χ1v) is 10.5. The molecule has 1 aliphatic carbocycles. The van der Waals surface area contributed by atoms with Crippen molar-refractivity contribution < 1.29 is 8.42 Å². The molecular formula is C21H24N2O2S. The zero-order valence-electron chi connectivity index (χ0n) is 15.2. The number of aromatic nitrogens is 1. The molecule has 1 saturated carbocycles. The molecule has 4 nitrogen and oxygen atoms in total. The third kappa shape index (κ3) is 2.85. The van der Waals surface area contributed by atoms with E-state index in [1.165, 1.54) is 15.3 Å². The average Bonchev–Trinajstić information content (AvgIpc) is 3.29. The molecule has 0 bridgehead atoms. The number of H-pyrrole nitrogens is 1. The zero-order valence-corrected chi connectivity index (χ0v) is 16.0. The van der Waals surface area contributed by atoms with Gasteiger partial charge in [0.1, 0.15) is 0 Å². The topological polar surface area (TPSA) is 53.2 Å². The molecule has 1 heterocycles. The van der Waals surface area contributed by atoms with Crippen molar-refractivity contribution in [2.75, 3.05) is 13.6 Å². The Morgan fingerprint density at radius 3 is 2.42 bits per heavy atom. The van der Waals surface area contributed by atoms with E-state index >= 15 is 0 Å². The standard InChI is InChI=1S/C21H24N2O2S/c1-3-16-8-10-17(11-9-16)26(24,25)23(2)15-21(12-13-21)19-14-22-20-7-5-4-6-18(19)20/h4-11,14,22H,3,12-13,15H2,1-2H3. The van der Waals surface area contributed by atoms with Crippen LogP contribution < -0.4 is 0 Å². The molecule has 0 radical (unpaired) electrons. The van der Waals surface area contributed by atoms with E-state index in [0.29, 0.717) is 11.4 Å². The van der Waals surface area contributed by atoms with Crippen LogP contribution in [-0.4, -0.2) is 31.3 Å². The number of para-hydroxylation sites is 1. The summed E-state index contributed by atoms with van der Waals surface area (Å²) in [5.74, 6) is 0. The van der Waals surface area contributed by atoms with Gasteiger partial charge in [0.2, 0.25) is 10.0 Å². The molecule has 1 aromatic heterocycles. The molecule has 5 heteroatoms. The van der Waals surface area contributed by atoms with Gasteiger partial charge in [-0.1, -0.05) is 37.3 Å². The Morgan fingerprint density at radius 2 is 1.77 bits per heavy atom. The first-order chi connectivity index (χ1) is 12.5. The van der Waals surface area contributed by atoms with Crippen LogP contribution in [0.2, 0.25) is 0 Å². The van der Waals surface area contributed by atoms with Gasteiger partial charge < -0.3 is 4.98 Å². The van der Waals surface area contributed by atoms with Gasteiger partial charge in [0, 0.05) is 36.1 Å². The van der Waals surface area contributed by atoms with Gasteiger partial charge in [0.25, 0.3) is 0 Å². The van der Waals surface area contributed by atoms with E-state index in [-0.39, 0.29) is 5.41 Å². The second-order valence-corrected chi connectivity index (χ2v) is 9.33. The van der Waals surface area contributed by atoms with Gasteiger partial charge >= 0.3 is 0 Å². The maximum absolute atomic E-state index is 13.0. The molecule has 1 fully saturated rings. The van der Waals surface area contributed by atoms with Crippen LogP contribution in [0.1, 0.15) is 30.9 Å². The van der Waals surface area contributed by atoms with Crippen LogP contribution >= 0.6 is 0 Å². The number of rotatable bonds is 6. The fraction of sp³-hybridized carbons (Fsp3) is 0.333. The van der Waals surface area contributed by atoms with Crippen molar-refractivity contribution in [3.05, 3.63) is 65.9 Å².